The summed E-state index contributed by atoms with van der Waals surface area (Å²) in [6, 6.07) is 66.1. The maximum atomic E-state index is 5.33. The molecule has 0 atom stereocenters. The van der Waals surface area contributed by atoms with Gasteiger partial charge in [0, 0.05) is 38.2 Å². The number of nitrogens with zero attached hydrogens (tertiary/aromatic N) is 2. The van der Waals surface area contributed by atoms with Crippen molar-refractivity contribution in [1.29, 1.82) is 0 Å². The summed E-state index contributed by atoms with van der Waals surface area (Å²) in [6.07, 6.45) is 0. The van der Waals surface area contributed by atoms with Crippen molar-refractivity contribution in [3.05, 3.63) is 182 Å². The zero-order valence-corrected chi connectivity index (χ0v) is 27.7. The molecule has 2 heteroatoms. The molecule has 2 heterocycles. The van der Waals surface area contributed by atoms with Crippen molar-refractivity contribution in [2.75, 3.05) is 0 Å². The molecule has 2 aromatic heterocycles. The first kappa shape index (κ1) is 28.1. The fraction of sp³-hybridized carbons (Fsp3) is 0. The molecule has 0 saturated carbocycles. The van der Waals surface area contributed by atoms with Crippen LogP contribution in [-0.4, -0.2) is 9.55 Å². The molecule has 0 N–H and O–H groups in total. The normalized spacial score (nSPS) is 11.9. The fourth-order valence-electron chi connectivity index (χ4n) is 8.46. The Kier molecular flexibility index (Phi) is 5.99. The Bertz CT molecular complexity index is 3140. The topological polar surface area (TPSA) is 17.8 Å². The maximum Gasteiger partial charge on any atom is 0.0788 e. The summed E-state index contributed by atoms with van der Waals surface area (Å²) in [5.41, 5.74) is 9.07. The number of fused-ring (bicyclic) bond motifs is 13. The zero-order valence-electron chi connectivity index (χ0n) is 27.7. The summed E-state index contributed by atoms with van der Waals surface area (Å²) in [6.45, 7) is 0. The smallest absolute Gasteiger partial charge is 0.0788 e. The lowest BCUT2D eigenvalue weighted by atomic mass is 9.91. The van der Waals surface area contributed by atoms with Crippen LogP contribution in [0.3, 0.4) is 0 Å². The Balaban J connectivity index is 1.13. The van der Waals surface area contributed by atoms with E-state index in [1.54, 1.807) is 0 Å². The molecule has 236 valence electrons. The molecule has 0 aliphatic rings. The third-order valence-corrected chi connectivity index (χ3v) is 10.7. The van der Waals surface area contributed by atoms with Gasteiger partial charge in [0.05, 0.1) is 22.2 Å². The van der Waals surface area contributed by atoms with E-state index in [-0.39, 0.29) is 0 Å². The van der Waals surface area contributed by atoms with Crippen LogP contribution < -0.4 is 0 Å². The number of aromatic nitrogens is 2. The third kappa shape index (κ3) is 4.14. The van der Waals surface area contributed by atoms with E-state index in [1.165, 1.54) is 70.6 Å². The molecule has 9 aromatic carbocycles. The average molecular weight is 647 g/mol. The number of para-hydroxylation sites is 3. The van der Waals surface area contributed by atoms with E-state index in [4.69, 9.17) is 4.98 Å². The van der Waals surface area contributed by atoms with Crippen LogP contribution in [0.2, 0.25) is 0 Å². The molecule has 0 aliphatic carbocycles. The molecule has 0 amide bonds. The lowest BCUT2D eigenvalue weighted by molar-refractivity contribution is 1.19. The summed E-state index contributed by atoms with van der Waals surface area (Å²) < 4.78 is 2.43. The van der Waals surface area contributed by atoms with Crippen LogP contribution in [0.15, 0.2) is 182 Å². The highest BCUT2D eigenvalue weighted by Crippen LogP contribution is 2.43. The number of hydrogen-bond acceptors (Lipinski definition) is 1. The van der Waals surface area contributed by atoms with E-state index in [2.05, 4.69) is 187 Å². The van der Waals surface area contributed by atoms with Gasteiger partial charge in [0.2, 0.25) is 0 Å². The van der Waals surface area contributed by atoms with Gasteiger partial charge in [-0.05, 0) is 73.8 Å². The standard InChI is InChI=1S/C49H30N2/c1-2-12-34(13-3-1)51-46-21-11-9-18-40(46)41-28-29-43-47(49(41)51)42-19-8-10-20-45(42)50-48(43)32-24-22-31(23-25-32)33-26-27-39-37-16-5-4-14-35(37)36-15-6-7-17-38(36)44(39)30-33/h1-30H. The first-order valence-corrected chi connectivity index (χ1v) is 17.6. The quantitative estimate of drug-likeness (QED) is 0.175. The lowest BCUT2D eigenvalue weighted by Gasteiger charge is -2.15. The van der Waals surface area contributed by atoms with Gasteiger partial charge in [-0.1, -0.05) is 152 Å². The molecule has 0 spiro atoms. The minimum absolute atomic E-state index is 0.995. The van der Waals surface area contributed by atoms with Crippen LogP contribution in [0, 0.1) is 0 Å². The van der Waals surface area contributed by atoms with Gasteiger partial charge in [-0.2, -0.15) is 0 Å². The van der Waals surface area contributed by atoms with E-state index in [0.717, 1.165) is 33.2 Å². The Hall–Kier alpha value is -6.77. The van der Waals surface area contributed by atoms with Gasteiger partial charge in [-0.25, -0.2) is 4.98 Å². The minimum Gasteiger partial charge on any atom is -0.309 e. The number of hydrogen-bond donors (Lipinski definition) is 0. The van der Waals surface area contributed by atoms with Crippen LogP contribution in [-0.2, 0) is 0 Å². The summed E-state index contributed by atoms with van der Waals surface area (Å²) in [5.74, 6) is 0. The number of pyridine rings is 1. The van der Waals surface area contributed by atoms with Crippen LogP contribution in [0.25, 0.3) is 104 Å². The number of rotatable bonds is 3. The van der Waals surface area contributed by atoms with Crippen molar-refractivity contribution in [3.63, 3.8) is 0 Å². The van der Waals surface area contributed by atoms with Crippen molar-refractivity contribution in [1.82, 2.24) is 9.55 Å². The van der Waals surface area contributed by atoms with Gasteiger partial charge >= 0.3 is 0 Å². The largest absolute Gasteiger partial charge is 0.309 e. The molecule has 11 rings (SSSR count). The molecule has 11 aromatic rings. The van der Waals surface area contributed by atoms with E-state index in [0.29, 0.717) is 0 Å². The SMILES string of the molecule is c1ccc(-n2c3ccccc3c3ccc4c(-c5ccc(-c6ccc7c8ccccc8c8ccccc8c7c6)cc5)nc5ccccc5c4c32)cc1. The van der Waals surface area contributed by atoms with Crippen molar-refractivity contribution >= 4 is 75.8 Å². The monoisotopic (exact) mass is 646 g/mol. The minimum atomic E-state index is 0.995. The Morgan fingerprint density at radius 1 is 0.333 bits per heavy atom. The maximum absolute atomic E-state index is 5.33. The van der Waals surface area contributed by atoms with Gasteiger partial charge in [0.1, 0.15) is 0 Å². The highest BCUT2D eigenvalue weighted by molar-refractivity contribution is 6.27. The van der Waals surface area contributed by atoms with Crippen molar-refractivity contribution in [3.8, 4) is 28.1 Å². The van der Waals surface area contributed by atoms with Crippen LogP contribution in [0.5, 0.6) is 0 Å². The summed E-state index contributed by atoms with van der Waals surface area (Å²) in [4.78, 5) is 5.33. The average Bonchev–Trinajstić information content (AvgIpc) is 3.55. The predicted octanol–water partition coefficient (Wildman–Crippen LogP) is 13.3. The summed E-state index contributed by atoms with van der Waals surface area (Å²) in [7, 11) is 0. The van der Waals surface area contributed by atoms with E-state index in [9.17, 15) is 0 Å². The van der Waals surface area contributed by atoms with Gasteiger partial charge in [0.25, 0.3) is 0 Å². The Labute approximate surface area is 294 Å². The second-order valence-electron chi connectivity index (χ2n) is 13.5. The molecular formula is C49H30N2. The molecule has 0 bridgehead atoms. The van der Waals surface area contributed by atoms with Gasteiger partial charge in [-0.15, -0.1) is 0 Å². The molecule has 51 heavy (non-hydrogen) atoms. The molecule has 0 aliphatic heterocycles. The van der Waals surface area contributed by atoms with Gasteiger partial charge < -0.3 is 4.57 Å². The molecule has 0 saturated heterocycles. The lowest BCUT2D eigenvalue weighted by Crippen LogP contribution is -1.96. The van der Waals surface area contributed by atoms with Crippen LogP contribution in [0.1, 0.15) is 0 Å². The zero-order chi connectivity index (χ0) is 33.5. The van der Waals surface area contributed by atoms with Gasteiger partial charge in [0.15, 0.2) is 0 Å². The fourth-order valence-corrected chi connectivity index (χ4v) is 8.46. The van der Waals surface area contributed by atoms with E-state index >= 15 is 0 Å². The van der Waals surface area contributed by atoms with Crippen LogP contribution in [0.4, 0.5) is 0 Å². The van der Waals surface area contributed by atoms with E-state index < -0.39 is 0 Å². The Morgan fingerprint density at radius 3 is 1.57 bits per heavy atom. The summed E-state index contributed by atoms with van der Waals surface area (Å²) >= 11 is 0. The summed E-state index contributed by atoms with van der Waals surface area (Å²) in [5, 5.41) is 13.8. The molecule has 2 nitrogen and oxygen atoms in total. The predicted molar refractivity (Wildman–Crippen MR) is 217 cm³/mol. The third-order valence-electron chi connectivity index (χ3n) is 10.7. The first-order valence-electron chi connectivity index (χ1n) is 17.6. The van der Waals surface area contributed by atoms with Crippen molar-refractivity contribution in [2.24, 2.45) is 0 Å². The molecular weight excluding hydrogens is 617 g/mol. The second kappa shape index (κ2) is 10.9. The molecule has 0 radical (unpaired) electrons. The van der Waals surface area contributed by atoms with Crippen molar-refractivity contribution in [2.45, 2.75) is 0 Å². The second-order valence-corrected chi connectivity index (χ2v) is 13.5. The van der Waals surface area contributed by atoms with Gasteiger partial charge in [-0.3, -0.25) is 0 Å². The van der Waals surface area contributed by atoms with Crippen LogP contribution >= 0.6 is 0 Å². The molecule has 0 fully saturated rings. The van der Waals surface area contributed by atoms with Crippen molar-refractivity contribution < 1.29 is 0 Å². The molecule has 0 unspecified atom stereocenters. The Morgan fingerprint density at radius 2 is 0.843 bits per heavy atom. The first-order chi connectivity index (χ1) is 25.3. The highest BCUT2D eigenvalue weighted by atomic mass is 15.0. The number of benzene rings is 9. The van der Waals surface area contributed by atoms with E-state index in [1.807, 2.05) is 0 Å². The highest BCUT2D eigenvalue weighted by Gasteiger charge is 2.19.